The zero-order valence-electron chi connectivity index (χ0n) is 33.4. The van der Waals surface area contributed by atoms with E-state index in [4.69, 9.17) is 0 Å². The molecule has 6 nitrogen and oxygen atoms in total. The molecule has 0 aliphatic rings. The zero-order valence-corrected chi connectivity index (χ0v) is 33.4. The second-order valence-electron chi connectivity index (χ2n) is 15.4. The number of amides is 1. The third-order valence-corrected chi connectivity index (χ3v) is 10.5. The summed E-state index contributed by atoms with van der Waals surface area (Å²) in [6, 6.07) is -0.996. The average molecular weight is 710 g/mol. The van der Waals surface area contributed by atoms with Crippen molar-refractivity contribution in [2.24, 2.45) is 0 Å². The first-order valence-corrected chi connectivity index (χ1v) is 22.1. The Kier molecular flexibility index (Phi) is 38.5. The van der Waals surface area contributed by atoms with E-state index in [1.54, 1.807) is 0 Å². The summed E-state index contributed by atoms with van der Waals surface area (Å²) < 4.78 is 0. The summed E-state index contributed by atoms with van der Waals surface area (Å²) in [4.78, 5) is 12.5. The molecule has 0 saturated carbocycles. The van der Waals surface area contributed by atoms with Gasteiger partial charge in [0, 0.05) is 0 Å². The van der Waals surface area contributed by atoms with Gasteiger partial charge in [-0.05, 0) is 38.5 Å². The molecule has 4 atom stereocenters. The summed E-state index contributed by atoms with van der Waals surface area (Å²) in [6.45, 7) is 4.05. The highest BCUT2D eigenvalue weighted by Crippen LogP contribution is 2.16. The van der Waals surface area contributed by atoms with Crippen LogP contribution >= 0.6 is 0 Å². The molecule has 0 aromatic rings. The largest absolute Gasteiger partial charge is 0.394 e. The quantitative estimate of drug-likeness (QED) is 0.0321. The molecule has 0 aliphatic carbocycles. The van der Waals surface area contributed by atoms with Crippen molar-refractivity contribution in [3.63, 3.8) is 0 Å². The first-order chi connectivity index (χ1) is 24.5. The van der Waals surface area contributed by atoms with Crippen molar-refractivity contribution in [3.05, 3.63) is 12.2 Å². The maximum absolute atomic E-state index is 12.5. The monoisotopic (exact) mass is 710 g/mol. The summed E-state index contributed by atoms with van der Waals surface area (Å²) in [7, 11) is 0. The van der Waals surface area contributed by atoms with Crippen LogP contribution < -0.4 is 5.32 Å². The Morgan fingerprint density at radius 3 is 1.20 bits per heavy atom. The number of allylic oxidation sites excluding steroid dienone is 2. The molecule has 50 heavy (non-hydrogen) atoms. The Morgan fingerprint density at radius 1 is 0.480 bits per heavy atom. The van der Waals surface area contributed by atoms with Gasteiger partial charge in [-0.15, -0.1) is 0 Å². The number of nitrogens with one attached hydrogen (secondary N) is 1. The second kappa shape index (κ2) is 39.3. The van der Waals surface area contributed by atoms with E-state index < -0.39 is 36.9 Å². The molecule has 0 spiro atoms. The summed E-state index contributed by atoms with van der Waals surface area (Å²) in [6.07, 6.45) is 42.4. The molecular weight excluding hydrogens is 622 g/mol. The zero-order chi connectivity index (χ0) is 36.8. The number of rotatable bonds is 40. The molecule has 1 amide bonds. The minimum absolute atomic E-state index is 0.368. The highest BCUT2D eigenvalue weighted by Gasteiger charge is 2.28. The standard InChI is InChI=1S/C44H87NO5/c1-3-5-7-9-11-13-15-17-19-21-22-24-26-28-30-32-34-36-38-42(48)44(50)45-40(39-46)43(49)41(47)37-35-33-31-29-27-25-23-20-18-16-14-12-10-8-6-4-2/h29,31,40-43,46-49H,3-28,30,32-39H2,1-2H3,(H,45,50)/b31-29+. The van der Waals surface area contributed by atoms with Gasteiger partial charge >= 0.3 is 0 Å². The molecule has 0 rings (SSSR count). The topological polar surface area (TPSA) is 110 Å². The second-order valence-corrected chi connectivity index (χ2v) is 15.4. The van der Waals surface area contributed by atoms with Crippen molar-refractivity contribution in [1.82, 2.24) is 5.32 Å². The first-order valence-electron chi connectivity index (χ1n) is 22.1. The van der Waals surface area contributed by atoms with Crippen LogP contribution in [0.1, 0.15) is 232 Å². The molecule has 6 heteroatoms. The number of aliphatic hydroxyl groups excluding tert-OH is 4. The highest BCUT2D eigenvalue weighted by atomic mass is 16.3. The van der Waals surface area contributed by atoms with Gasteiger partial charge in [0.15, 0.2) is 0 Å². The average Bonchev–Trinajstić information content (AvgIpc) is 3.12. The Labute approximate surface area is 311 Å². The normalized spacial score (nSPS) is 14.3. The Balaban J connectivity index is 3.75. The van der Waals surface area contributed by atoms with E-state index in [9.17, 15) is 25.2 Å². The molecule has 0 aromatic carbocycles. The molecule has 298 valence electrons. The van der Waals surface area contributed by atoms with E-state index in [1.165, 1.54) is 167 Å². The fourth-order valence-electron chi connectivity index (χ4n) is 6.93. The van der Waals surface area contributed by atoms with Crippen LogP contribution in [-0.4, -0.2) is 57.3 Å². The molecular formula is C44H87NO5. The van der Waals surface area contributed by atoms with E-state index in [-0.39, 0.29) is 0 Å². The van der Waals surface area contributed by atoms with Crippen LogP contribution in [-0.2, 0) is 4.79 Å². The van der Waals surface area contributed by atoms with Gasteiger partial charge in [0.05, 0.1) is 18.8 Å². The lowest BCUT2D eigenvalue weighted by Gasteiger charge is -2.27. The number of unbranched alkanes of at least 4 members (excludes halogenated alkanes) is 29. The summed E-state index contributed by atoms with van der Waals surface area (Å²) >= 11 is 0. The Bertz CT molecular complexity index is 717. The maximum atomic E-state index is 12.5. The van der Waals surface area contributed by atoms with Gasteiger partial charge < -0.3 is 25.7 Å². The van der Waals surface area contributed by atoms with Crippen LogP contribution in [0.2, 0.25) is 0 Å². The fourth-order valence-corrected chi connectivity index (χ4v) is 6.93. The van der Waals surface area contributed by atoms with Crippen LogP contribution in [0.25, 0.3) is 0 Å². The molecule has 0 heterocycles. The molecule has 0 fully saturated rings. The van der Waals surface area contributed by atoms with E-state index in [1.807, 2.05) is 0 Å². The lowest BCUT2D eigenvalue weighted by atomic mass is 10.00. The maximum Gasteiger partial charge on any atom is 0.249 e. The molecule has 5 N–H and O–H groups in total. The minimum atomic E-state index is -1.28. The molecule has 0 aliphatic heterocycles. The van der Waals surface area contributed by atoms with Crippen LogP contribution in [0.5, 0.6) is 0 Å². The van der Waals surface area contributed by atoms with Crippen molar-refractivity contribution in [2.45, 2.75) is 257 Å². The molecule has 0 aromatic heterocycles. The lowest BCUT2D eigenvalue weighted by Crippen LogP contribution is -2.53. The van der Waals surface area contributed by atoms with Gasteiger partial charge in [-0.25, -0.2) is 0 Å². The van der Waals surface area contributed by atoms with E-state index >= 15 is 0 Å². The molecule has 0 bridgehead atoms. The van der Waals surface area contributed by atoms with Crippen molar-refractivity contribution in [1.29, 1.82) is 0 Å². The lowest BCUT2D eigenvalue weighted by molar-refractivity contribution is -0.132. The summed E-state index contributed by atoms with van der Waals surface area (Å²) in [5.74, 6) is -0.590. The van der Waals surface area contributed by atoms with Gasteiger partial charge in [-0.2, -0.15) is 0 Å². The van der Waals surface area contributed by atoms with Crippen molar-refractivity contribution in [3.8, 4) is 0 Å². The number of carbonyl (C=O) groups excluding carboxylic acids is 1. The third-order valence-electron chi connectivity index (χ3n) is 10.5. The van der Waals surface area contributed by atoms with Crippen LogP contribution in [0.4, 0.5) is 0 Å². The van der Waals surface area contributed by atoms with Gasteiger partial charge in [0.2, 0.25) is 5.91 Å². The SMILES string of the molecule is CCCCCCCCCCCCC/C=C/CCCC(O)C(O)C(CO)NC(=O)C(O)CCCCCCCCCCCCCCCCCCCC. The first kappa shape index (κ1) is 49.0. The van der Waals surface area contributed by atoms with Crippen molar-refractivity contribution < 1.29 is 25.2 Å². The van der Waals surface area contributed by atoms with Crippen LogP contribution in [0.3, 0.4) is 0 Å². The summed E-state index contributed by atoms with van der Waals surface area (Å²) in [5, 5.41) is 43.6. The number of hydrogen-bond acceptors (Lipinski definition) is 5. The molecule has 0 radical (unpaired) electrons. The summed E-state index contributed by atoms with van der Waals surface area (Å²) in [5.41, 5.74) is 0. The Morgan fingerprint density at radius 2 is 0.820 bits per heavy atom. The van der Waals surface area contributed by atoms with E-state index in [0.29, 0.717) is 12.8 Å². The van der Waals surface area contributed by atoms with E-state index in [0.717, 1.165) is 38.5 Å². The van der Waals surface area contributed by atoms with Gasteiger partial charge in [-0.3, -0.25) is 4.79 Å². The predicted molar refractivity (Wildman–Crippen MR) is 215 cm³/mol. The minimum Gasteiger partial charge on any atom is -0.394 e. The van der Waals surface area contributed by atoms with Gasteiger partial charge in [0.1, 0.15) is 12.2 Å². The molecule has 4 unspecified atom stereocenters. The van der Waals surface area contributed by atoms with Crippen molar-refractivity contribution >= 4 is 5.91 Å². The fraction of sp³-hybridized carbons (Fsp3) is 0.932. The number of aliphatic hydroxyl groups is 4. The number of carbonyl (C=O) groups is 1. The Hall–Kier alpha value is -0.950. The van der Waals surface area contributed by atoms with Gasteiger partial charge in [-0.1, -0.05) is 206 Å². The highest BCUT2D eigenvalue weighted by molar-refractivity contribution is 5.80. The van der Waals surface area contributed by atoms with Gasteiger partial charge in [0.25, 0.3) is 0 Å². The molecule has 0 saturated heterocycles. The predicted octanol–water partition coefficient (Wildman–Crippen LogP) is 11.4. The third kappa shape index (κ3) is 32.9. The van der Waals surface area contributed by atoms with Crippen LogP contribution in [0.15, 0.2) is 12.2 Å². The van der Waals surface area contributed by atoms with Crippen LogP contribution in [0, 0.1) is 0 Å². The smallest absolute Gasteiger partial charge is 0.249 e. The van der Waals surface area contributed by atoms with Crippen molar-refractivity contribution in [2.75, 3.05) is 6.61 Å². The number of hydrogen-bond donors (Lipinski definition) is 5. The van der Waals surface area contributed by atoms with E-state index in [2.05, 4.69) is 31.3 Å².